The van der Waals surface area contributed by atoms with Crippen LogP contribution in [-0.4, -0.2) is 86.4 Å². The molecule has 3 fully saturated rings. The van der Waals surface area contributed by atoms with Gasteiger partial charge < -0.3 is 38.9 Å². The fourth-order valence-corrected chi connectivity index (χ4v) is 8.07. The number of ether oxygens (including phenoxy) is 4. The molecule has 7 rings (SSSR count). The predicted octanol–water partition coefficient (Wildman–Crippen LogP) is 7.38. The molecule has 286 valence electrons. The van der Waals surface area contributed by atoms with Gasteiger partial charge >= 0.3 is 0 Å². The van der Waals surface area contributed by atoms with Crippen LogP contribution in [0.3, 0.4) is 0 Å². The Morgan fingerprint density at radius 2 is 1.69 bits per heavy atom. The maximum Gasteiger partial charge on any atom is 0.215 e. The fourth-order valence-electron chi connectivity index (χ4n) is 7.12. The fraction of sp³-hybridized carbons (Fsp3) is 0.463. The van der Waals surface area contributed by atoms with Gasteiger partial charge in [0, 0.05) is 68.6 Å². The Labute approximate surface area is 319 Å². The molecule has 0 amide bonds. The monoisotopic (exact) mass is 751 g/mol. The van der Waals surface area contributed by atoms with E-state index in [2.05, 4.69) is 76.0 Å². The number of hydrogen-bond acceptors (Lipinski definition) is 12. The first-order chi connectivity index (χ1) is 26.0. The van der Waals surface area contributed by atoms with Crippen LogP contribution in [0.5, 0.6) is 17.4 Å². The van der Waals surface area contributed by atoms with Gasteiger partial charge in [0.2, 0.25) is 5.88 Å². The third kappa shape index (κ3) is 8.48. The van der Waals surface area contributed by atoms with Gasteiger partial charge in [0.25, 0.3) is 0 Å². The highest BCUT2D eigenvalue weighted by molar-refractivity contribution is 6.74. The summed E-state index contributed by atoms with van der Waals surface area (Å²) in [5.74, 6) is 2.52. The minimum absolute atomic E-state index is 0.0591. The number of hydrogen-bond donors (Lipinski definition) is 1. The van der Waals surface area contributed by atoms with Crippen molar-refractivity contribution in [1.82, 2.24) is 20.2 Å². The summed E-state index contributed by atoms with van der Waals surface area (Å²) in [7, 11) is -0.163. The zero-order chi connectivity index (χ0) is 37.9. The standard InChI is InChI=1S/C41H53N7O5Si/c1-41(2,3)54(5,6)51-19-9-10-28-13-16-32(24-44-28)52-33-21-34(22-33)53-39-20-29(17-18-43-39)48-30-14-15-31(48)26-47(25-30)37-23-36(45-46-40(37)42)35-11-7-8-12-38(35)50-27-49-4/h7-13,16-18,20,23-24,30-31,33-34H,14-15,19,21-22,25-27H2,1-6H3,(H2,42,46)/b10-9+/t30-,31-,33?,34?/m1/s1. The average molecular weight is 752 g/mol. The lowest BCUT2D eigenvalue weighted by Crippen LogP contribution is -2.54. The van der Waals surface area contributed by atoms with E-state index in [1.54, 1.807) is 13.3 Å². The number of rotatable bonds is 14. The molecule has 2 bridgehead atoms. The molecule has 0 radical (unpaired) electrons. The molecule has 5 heterocycles. The number of nitrogens with two attached hydrogens (primary N) is 1. The lowest BCUT2D eigenvalue weighted by Gasteiger charge is -2.43. The normalized spacial score (nSPS) is 21.3. The van der Waals surface area contributed by atoms with Crippen LogP contribution in [0.2, 0.25) is 18.1 Å². The van der Waals surface area contributed by atoms with E-state index in [-0.39, 0.29) is 24.0 Å². The van der Waals surface area contributed by atoms with Crippen molar-refractivity contribution in [3.05, 3.63) is 78.8 Å². The number of anilines is 3. The smallest absolute Gasteiger partial charge is 0.215 e. The van der Waals surface area contributed by atoms with E-state index in [0.29, 0.717) is 41.8 Å². The van der Waals surface area contributed by atoms with Gasteiger partial charge in [-0.2, -0.15) is 0 Å². The Hall–Kier alpha value is -4.72. The van der Waals surface area contributed by atoms with E-state index in [9.17, 15) is 0 Å². The summed E-state index contributed by atoms with van der Waals surface area (Å²) < 4.78 is 29.7. The number of pyridine rings is 2. The highest BCUT2D eigenvalue weighted by atomic mass is 28.4. The van der Waals surface area contributed by atoms with Gasteiger partial charge in [-0.1, -0.05) is 39.0 Å². The Kier molecular flexibility index (Phi) is 11.1. The van der Waals surface area contributed by atoms with E-state index < -0.39 is 8.32 Å². The van der Waals surface area contributed by atoms with Crippen molar-refractivity contribution in [2.24, 2.45) is 0 Å². The highest BCUT2D eigenvalue weighted by Gasteiger charge is 2.41. The van der Waals surface area contributed by atoms with Gasteiger partial charge in [-0.15, -0.1) is 10.2 Å². The molecule has 1 aromatic carbocycles. The number of methoxy groups -OCH3 is 1. The molecule has 13 heteroatoms. The molecule has 3 aromatic heterocycles. The molecule has 2 saturated heterocycles. The third-order valence-corrected chi connectivity index (χ3v) is 15.7. The number of nitrogens with zero attached hydrogens (tertiary/aromatic N) is 6. The van der Waals surface area contributed by atoms with E-state index in [1.165, 1.54) is 0 Å². The summed E-state index contributed by atoms with van der Waals surface area (Å²) >= 11 is 0. The van der Waals surface area contributed by atoms with Gasteiger partial charge in [0.05, 0.1) is 29.9 Å². The molecule has 1 aliphatic carbocycles. The molecule has 12 nitrogen and oxygen atoms in total. The molecule has 2 atom stereocenters. The first-order valence-corrected chi connectivity index (χ1v) is 21.8. The van der Waals surface area contributed by atoms with Crippen LogP contribution in [0, 0.1) is 0 Å². The van der Waals surface area contributed by atoms with Crippen LogP contribution < -0.4 is 29.7 Å². The average Bonchev–Trinajstić information content (AvgIpc) is 3.41. The van der Waals surface area contributed by atoms with Crippen LogP contribution in [0.25, 0.3) is 17.3 Å². The van der Waals surface area contributed by atoms with Crippen molar-refractivity contribution in [1.29, 1.82) is 0 Å². The summed E-state index contributed by atoms with van der Waals surface area (Å²) in [4.78, 5) is 14.0. The molecule has 2 N–H and O–H groups in total. The second-order valence-electron chi connectivity index (χ2n) is 15.9. The molecule has 2 aliphatic heterocycles. The Morgan fingerprint density at radius 1 is 0.926 bits per heavy atom. The third-order valence-electron chi connectivity index (χ3n) is 11.2. The second kappa shape index (κ2) is 15.9. The number of benzene rings is 1. The highest BCUT2D eigenvalue weighted by Crippen LogP contribution is 2.40. The molecular formula is C41H53N7O5Si. The van der Waals surface area contributed by atoms with Crippen molar-refractivity contribution in [2.75, 3.05) is 49.1 Å². The van der Waals surface area contributed by atoms with Crippen molar-refractivity contribution in [3.63, 3.8) is 0 Å². The number of aromatic nitrogens is 4. The second-order valence-corrected chi connectivity index (χ2v) is 20.7. The molecule has 0 spiro atoms. The Morgan fingerprint density at radius 3 is 2.41 bits per heavy atom. The van der Waals surface area contributed by atoms with E-state index in [4.69, 9.17) is 29.1 Å². The Balaban J connectivity index is 0.911. The van der Waals surface area contributed by atoms with Crippen molar-refractivity contribution in [2.45, 2.75) is 88.9 Å². The molecule has 54 heavy (non-hydrogen) atoms. The van der Waals surface area contributed by atoms with Crippen LogP contribution >= 0.6 is 0 Å². The first kappa shape index (κ1) is 37.6. The maximum absolute atomic E-state index is 6.44. The topological polar surface area (TPSA) is 130 Å². The van der Waals surface area contributed by atoms with Gasteiger partial charge in [0.1, 0.15) is 23.7 Å². The minimum atomic E-state index is -1.76. The zero-order valence-corrected chi connectivity index (χ0v) is 33.3. The summed E-state index contributed by atoms with van der Waals surface area (Å²) in [6, 6.07) is 18.6. The number of piperazine rings is 1. The Bertz CT molecular complexity index is 1900. The van der Waals surface area contributed by atoms with Crippen LogP contribution in [0.15, 0.2) is 73.1 Å². The summed E-state index contributed by atoms with van der Waals surface area (Å²) in [5, 5.41) is 8.96. The lowest BCUT2D eigenvalue weighted by atomic mass is 9.92. The van der Waals surface area contributed by atoms with Crippen LogP contribution in [0.4, 0.5) is 17.2 Å². The van der Waals surface area contributed by atoms with Crippen molar-refractivity contribution >= 4 is 31.6 Å². The summed E-state index contributed by atoms with van der Waals surface area (Å²) in [6.07, 6.45) is 11.6. The number of fused-ring (bicyclic) bond motifs is 2. The molecule has 0 unspecified atom stereocenters. The van der Waals surface area contributed by atoms with Crippen LogP contribution in [-0.2, 0) is 9.16 Å². The van der Waals surface area contributed by atoms with Crippen molar-refractivity contribution in [3.8, 4) is 28.6 Å². The maximum atomic E-state index is 6.44. The van der Waals surface area contributed by atoms with Gasteiger partial charge in [-0.05, 0) is 73.4 Å². The quantitative estimate of drug-likeness (QED) is 0.102. The molecule has 3 aliphatic rings. The zero-order valence-electron chi connectivity index (χ0n) is 32.3. The van der Waals surface area contributed by atoms with E-state index in [1.807, 2.05) is 60.8 Å². The van der Waals surface area contributed by atoms with Gasteiger partial charge in [-0.3, -0.25) is 4.98 Å². The van der Waals surface area contributed by atoms with E-state index in [0.717, 1.165) is 67.2 Å². The largest absolute Gasteiger partial charge is 0.489 e. The van der Waals surface area contributed by atoms with Gasteiger partial charge in [0.15, 0.2) is 20.9 Å². The minimum Gasteiger partial charge on any atom is -0.489 e. The van der Waals surface area contributed by atoms with Crippen LogP contribution in [0.1, 0.15) is 52.1 Å². The van der Waals surface area contributed by atoms with Gasteiger partial charge in [-0.25, -0.2) is 4.98 Å². The van der Waals surface area contributed by atoms with E-state index >= 15 is 0 Å². The molecular weight excluding hydrogens is 699 g/mol. The summed E-state index contributed by atoms with van der Waals surface area (Å²) in [6.45, 7) is 13.7. The predicted molar refractivity (Wildman–Crippen MR) is 215 cm³/mol. The summed E-state index contributed by atoms with van der Waals surface area (Å²) in [5.41, 5.74) is 10.9. The SMILES string of the molecule is COCOc1ccccc1-c1cc(N2C[C@H]3CC[C@H](C2)N3c2ccnc(OC3CC(Oc4ccc(/C=C/CO[Si](C)(C)C(C)(C)C)nc4)C3)c2)c(N)nn1. The first-order valence-electron chi connectivity index (χ1n) is 18.9. The van der Waals surface area contributed by atoms with Crippen molar-refractivity contribution < 1.29 is 23.4 Å². The molecule has 4 aromatic rings. The number of para-hydroxylation sites is 1. The lowest BCUT2D eigenvalue weighted by molar-refractivity contribution is 0.00210. The molecule has 1 saturated carbocycles. The number of nitrogen functional groups attached to an aromatic ring is 1.